The van der Waals surface area contributed by atoms with Gasteiger partial charge in [0.25, 0.3) is 5.56 Å². The Morgan fingerprint density at radius 3 is 2.62 bits per heavy atom. The first kappa shape index (κ1) is 26.8. The lowest BCUT2D eigenvalue weighted by molar-refractivity contribution is -0.140. The fourth-order valence-corrected chi connectivity index (χ4v) is 6.51. The molecule has 0 aliphatic carbocycles. The zero-order valence-corrected chi connectivity index (χ0v) is 23.7. The van der Waals surface area contributed by atoms with Crippen LogP contribution in [0.25, 0.3) is 11.8 Å². The van der Waals surface area contributed by atoms with Gasteiger partial charge in [0.15, 0.2) is 11.4 Å². The highest BCUT2D eigenvalue weighted by Crippen LogP contribution is 2.36. The van der Waals surface area contributed by atoms with Crippen LogP contribution in [-0.2, 0) is 14.3 Å². The minimum atomic E-state index is -1.08. The maximum absolute atomic E-state index is 13.8. The molecule has 0 saturated carbocycles. The molecule has 0 unspecified atom stereocenters. The van der Waals surface area contributed by atoms with Gasteiger partial charge in [-0.25, -0.2) is 14.6 Å². The molecule has 39 heavy (non-hydrogen) atoms. The van der Waals surface area contributed by atoms with Crippen LogP contribution in [-0.4, -0.2) is 34.8 Å². The van der Waals surface area contributed by atoms with Gasteiger partial charge in [0.05, 0.1) is 26.9 Å². The molecule has 1 N–H and O–H groups in total. The number of benzene rings is 2. The molecule has 2 aromatic carbocycles. The molecule has 0 bridgehead atoms. The van der Waals surface area contributed by atoms with E-state index in [0.717, 1.165) is 10.4 Å². The quantitative estimate of drug-likeness (QED) is 0.294. The van der Waals surface area contributed by atoms with E-state index in [9.17, 15) is 14.4 Å². The monoisotopic (exact) mass is 624 g/mol. The standard InChI is InChI=1S/C28H21BrN2O6S2/c1-2-36-27(35)23-24(17-7-4-3-5-8-17)30-28-31(25(23)20-9-6-12-38-20)26(34)21(39-28)14-16-10-11-19(18(29)13-16)37-15-22(32)33/h3-14,25H,2,15H2,1H3,(H,32,33)/b21-14+/t25-/m0/s1. The highest BCUT2D eigenvalue weighted by Gasteiger charge is 2.35. The molecule has 3 heterocycles. The van der Waals surface area contributed by atoms with Crippen molar-refractivity contribution >= 4 is 62.3 Å². The van der Waals surface area contributed by atoms with Gasteiger partial charge in [0.2, 0.25) is 0 Å². The van der Waals surface area contributed by atoms with E-state index in [1.165, 1.54) is 22.7 Å². The molecular formula is C28H21BrN2O6S2. The number of hydrogen-bond acceptors (Lipinski definition) is 8. The molecule has 2 aromatic heterocycles. The molecule has 1 aliphatic heterocycles. The summed E-state index contributed by atoms with van der Waals surface area (Å²) in [6.07, 6.45) is 1.73. The highest BCUT2D eigenvalue weighted by molar-refractivity contribution is 9.10. The van der Waals surface area contributed by atoms with Gasteiger partial charge in [-0.15, -0.1) is 11.3 Å². The first-order chi connectivity index (χ1) is 18.9. The molecule has 0 radical (unpaired) electrons. The number of thiazole rings is 1. The number of aliphatic carboxylic acids is 1. The van der Waals surface area contributed by atoms with Crippen LogP contribution >= 0.6 is 38.6 Å². The lowest BCUT2D eigenvalue weighted by atomic mass is 9.97. The zero-order valence-electron chi connectivity index (χ0n) is 20.5. The van der Waals surface area contributed by atoms with E-state index in [1.54, 1.807) is 35.8 Å². The van der Waals surface area contributed by atoms with Gasteiger partial charge in [0.1, 0.15) is 11.8 Å². The number of halogens is 1. The van der Waals surface area contributed by atoms with E-state index >= 15 is 0 Å². The third kappa shape index (κ3) is 5.51. The fourth-order valence-electron chi connectivity index (χ4n) is 4.17. The summed E-state index contributed by atoms with van der Waals surface area (Å²) in [6.45, 7) is 1.46. The second-order valence-corrected chi connectivity index (χ2v) is 11.2. The summed E-state index contributed by atoms with van der Waals surface area (Å²) in [5.74, 6) is -1.22. The van der Waals surface area contributed by atoms with Crippen LogP contribution < -0.4 is 19.6 Å². The van der Waals surface area contributed by atoms with Gasteiger partial charge >= 0.3 is 11.9 Å². The minimum absolute atomic E-state index is 0.188. The van der Waals surface area contributed by atoms with Gasteiger partial charge in [-0.05, 0) is 58.1 Å². The van der Waals surface area contributed by atoms with Gasteiger partial charge in [-0.1, -0.05) is 53.8 Å². The van der Waals surface area contributed by atoms with Gasteiger partial charge in [-0.3, -0.25) is 9.36 Å². The Labute approximate surface area is 238 Å². The normalized spacial score (nSPS) is 15.0. The molecule has 0 fully saturated rings. The number of carboxylic acid groups (broad SMARTS) is 1. The molecule has 11 heteroatoms. The number of thiophene rings is 1. The van der Waals surface area contributed by atoms with Gasteiger partial charge < -0.3 is 14.6 Å². The van der Waals surface area contributed by atoms with Crippen molar-refractivity contribution in [2.75, 3.05) is 13.2 Å². The van der Waals surface area contributed by atoms with Crippen LogP contribution in [0, 0.1) is 0 Å². The lowest BCUT2D eigenvalue weighted by Gasteiger charge is -2.24. The van der Waals surface area contributed by atoms with E-state index in [4.69, 9.17) is 19.6 Å². The number of fused-ring (bicyclic) bond motifs is 1. The molecule has 198 valence electrons. The van der Waals surface area contributed by atoms with E-state index in [1.807, 2.05) is 47.8 Å². The summed E-state index contributed by atoms with van der Waals surface area (Å²) in [5.41, 5.74) is 1.96. The largest absolute Gasteiger partial charge is 0.481 e. The number of hydrogen-bond donors (Lipinski definition) is 1. The zero-order chi connectivity index (χ0) is 27.5. The molecule has 5 rings (SSSR count). The molecule has 1 atom stereocenters. The Hall–Kier alpha value is -3.80. The second kappa shape index (κ2) is 11.5. The van der Waals surface area contributed by atoms with E-state index in [2.05, 4.69) is 15.9 Å². The van der Waals surface area contributed by atoms with Crippen molar-refractivity contribution in [3.8, 4) is 5.75 Å². The highest BCUT2D eigenvalue weighted by atomic mass is 79.9. The van der Waals surface area contributed by atoms with Crippen LogP contribution in [0.5, 0.6) is 5.75 Å². The van der Waals surface area contributed by atoms with Crippen LogP contribution in [0.2, 0.25) is 0 Å². The fraction of sp³-hybridized carbons (Fsp3) is 0.143. The molecule has 1 aliphatic rings. The van der Waals surface area contributed by atoms with Crippen molar-refractivity contribution in [3.63, 3.8) is 0 Å². The number of nitrogens with zero attached hydrogens (tertiary/aromatic N) is 2. The van der Waals surface area contributed by atoms with Crippen molar-refractivity contribution < 1.29 is 24.2 Å². The molecular weight excluding hydrogens is 604 g/mol. The average Bonchev–Trinajstić information content (AvgIpc) is 3.56. The predicted octanol–water partition coefficient (Wildman–Crippen LogP) is 4.22. The summed E-state index contributed by atoms with van der Waals surface area (Å²) >= 11 is 6.08. The number of ether oxygens (including phenoxy) is 2. The van der Waals surface area contributed by atoms with Crippen LogP contribution in [0.15, 0.2) is 85.9 Å². The van der Waals surface area contributed by atoms with Crippen LogP contribution in [0.1, 0.15) is 29.0 Å². The Bertz CT molecular complexity index is 1760. The number of carbonyl (C=O) groups excluding carboxylic acids is 1. The topological polar surface area (TPSA) is 107 Å². The SMILES string of the molecule is CCOC(=O)C1=C(c2ccccc2)N=c2s/c(=C/c3ccc(OCC(=O)O)c(Br)c3)c(=O)n2[C@H]1c1cccs1. The molecule has 0 saturated heterocycles. The molecule has 0 amide bonds. The van der Waals surface area contributed by atoms with Crippen molar-refractivity contribution in [1.82, 2.24) is 4.57 Å². The number of aromatic nitrogens is 1. The number of esters is 1. The van der Waals surface area contributed by atoms with Crippen LogP contribution in [0.4, 0.5) is 0 Å². The number of rotatable bonds is 8. The summed E-state index contributed by atoms with van der Waals surface area (Å²) in [7, 11) is 0. The van der Waals surface area contributed by atoms with E-state index < -0.39 is 24.6 Å². The van der Waals surface area contributed by atoms with E-state index in [-0.39, 0.29) is 12.2 Å². The summed E-state index contributed by atoms with van der Waals surface area (Å²) < 4.78 is 13.3. The average molecular weight is 626 g/mol. The smallest absolute Gasteiger partial charge is 0.341 e. The Morgan fingerprint density at radius 1 is 1.15 bits per heavy atom. The van der Waals surface area contributed by atoms with Gasteiger partial charge in [-0.2, -0.15) is 0 Å². The van der Waals surface area contributed by atoms with Crippen molar-refractivity contribution in [2.24, 2.45) is 4.99 Å². The van der Waals surface area contributed by atoms with Gasteiger partial charge in [0, 0.05) is 10.4 Å². The van der Waals surface area contributed by atoms with Crippen molar-refractivity contribution in [2.45, 2.75) is 13.0 Å². The summed E-state index contributed by atoms with van der Waals surface area (Å²) in [5, 5.41) is 10.8. The third-order valence-corrected chi connectivity index (χ3v) is 8.32. The first-order valence-electron chi connectivity index (χ1n) is 11.8. The Morgan fingerprint density at radius 2 is 1.95 bits per heavy atom. The summed E-state index contributed by atoms with van der Waals surface area (Å²) in [4.78, 5) is 44.1. The van der Waals surface area contributed by atoms with Crippen molar-refractivity contribution in [1.29, 1.82) is 0 Å². The summed E-state index contributed by atoms with van der Waals surface area (Å²) in [6, 6.07) is 17.6. The maximum atomic E-state index is 13.8. The molecule has 4 aromatic rings. The second-order valence-electron chi connectivity index (χ2n) is 8.32. The van der Waals surface area contributed by atoms with Crippen LogP contribution in [0.3, 0.4) is 0 Å². The Balaban J connectivity index is 1.69. The molecule has 8 nitrogen and oxygen atoms in total. The predicted molar refractivity (Wildman–Crippen MR) is 153 cm³/mol. The third-order valence-electron chi connectivity index (χ3n) is 5.79. The number of carbonyl (C=O) groups is 2. The first-order valence-corrected chi connectivity index (χ1v) is 14.3. The molecule has 0 spiro atoms. The van der Waals surface area contributed by atoms with E-state index in [0.29, 0.717) is 36.4 Å². The lowest BCUT2D eigenvalue weighted by Crippen LogP contribution is -2.39. The number of carboxylic acids is 1. The maximum Gasteiger partial charge on any atom is 0.341 e. The Kier molecular flexibility index (Phi) is 7.92. The minimum Gasteiger partial charge on any atom is -0.481 e. The van der Waals surface area contributed by atoms with Crippen molar-refractivity contribution in [3.05, 3.63) is 112 Å².